The average molecular weight is 252 g/mol. The molecule has 0 aliphatic heterocycles. The first kappa shape index (κ1) is 16.1. The summed E-state index contributed by atoms with van der Waals surface area (Å²) in [5.41, 5.74) is 1.88. The summed E-state index contributed by atoms with van der Waals surface area (Å²) in [5.74, 6) is 0.847. The van der Waals surface area contributed by atoms with Crippen LogP contribution in [0.3, 0.4) is 0 Å². The molecule has 0 nitrogen and oxygen atoms in total. The Kier molecular flexibility index (Phi) is 4.04. The van der Waals surface area contributed by atoms with Crippen molar-refractivity contribution in [1.29, 1.82) is 0 Å². The van der Waals surface area contributed by atoms with Gasteiger partial charge in [-0.3, -0.25) is 0 Å². The molecular weight excluding hydrogens is 216 g/mol. The van der Waals surface area contributed by atoms with Crippen LogP contribution in [0.1, 0.15) is 88.0 Å². The van der Waals surface area contributed by atoms with Crippen LogP contribution in [-0.4, -0.2) is 0 Å². The zero-order chi connectivity index (χ0) is 14.4. The molecule has 0 radical (unpaired) electrons. The lowest BCUT2D eigenvalue weighted by Gasteiger charge is -2.53. The second-order valence-corrected chi connectivity index (χ2v) is 8.86. The first-order chi connectivity index (χ1) is 7.96. The van der Waals surface area contributed by atoms with Crippen LogP contribution < -0.4 is 0 Å². The molecule has 4 atom stereocenters. The van der Waals surface area contributed by atoms with Gasteiger partial charge < -0.3 is 0 Å². The van der Waals surface area contributed by atoms with E-state index >= 15 is 0 Å². The van der Waals surface area contributed by atoms with Crippen LogP contribution in [0.5, 0.6) is 0 Å². The number of hydrogen-bond acceptors (Lipinski definition) is 0. The van der Waals surface area contributed by atoms with Crippen LogP contribution in [0.25, 0.3) is 0 Å². The molecule has 0 spiro atoms. The Morgan fingerprint density at radius 2 is 1.50 bits per heavy atom. The SMILES string of the molecule is CCC1(C)CC(C)C(C)(CC)C1(C)CC(C)(C)C. The van der Waals surface area contributed by atoms with Gasteiger partial charge in [-0.15, -0.1) is 0 Å². The highest BCUT2D eigenvalue weighted by molar-refractivity contribution is 5.11. The van der Waals surface area contributed by atoms with Gasteiger partial charge in [0.05, 0.1) is 0 Å². The highest BCUT2D eigenvalue weighted by atomic mass is 14.7. The van der Waals surface area contributed by atoms with E-state index in [1.807, 2.05) is 0 Å². The molecule has 108 valence electrons. The predicted molar refractivity (Wildman–Crippen MR) is 82.8 cm³/mol. The molecule has 18 heavy (non-hydrogen) atoms. The van der Waals surface area contributed by atoms with Crippen molar-refractivity contribution in [2.75, 3.05) is 0 Å². The summed E-state index contributed by atoms with van der Waals surface area (Å²) in [5, 5.41) is 0. The van der Waals surface area contributed by atoms with Crippen molar-refractivity contribution >= 4 is 0 Å². The van der Waals surface area contributed by atoms with E-state index in [4.69, 9.17) is 0 Å². The molecule has 0 aromatic heterocycles. The molecule has 0 aromatic rings. The number of rotatable bonds is 3. The van der Waals surface area contributed by atoms with Crippen LogP contribution in [0.4, 0.5) is 0 Å². The summed E-state index contributed by atoms with van der Waals surface area (Å²) in [6, 6.07) is 0. The van der Waals surface area contributed by atoms with Gasteiger partial charge in [0.1, 0.15) is 0 Å². The normalized spacial score (nSPS) is 45.5. The van der Waals surface area contributed by atoms with E-state index < -0.39 is 0 Å². The van der Waals surface area contributed by atoms with Crippen LogP contribution >= 0.6 is 0 Å². The molecule has 1 saturated carbocycles. The van der Waals surface area contributed by atoms with Crippen LogP contribution in [0, 0.1) is 27.6 Å². The Morgan fingerprint density at radius 3 is 1.83 bits per heavy atom. The maximum absolute atomic E-state index is 2.59. The lowest BCUT2D eigenvalue weighted by atomic mass is 9.51. The fourth-order valence-electron chi connectivity index (χ4n) is 5.11. The summed E-state index contributed by atoms with van der Waals surface area (Å²) >= 11 is 0. The van der Waals surface area contributed by atoms with Crippen LogP contribution in [0.15, 0.2) is 0 Å². The van der Waals surface area contributed by atoms with E-state index in [2.05, 4.69) is 62.3 Å². The first-order valence-electron chi connectivity index (χ1n) is 7.96. The van der Waals surface area contributed by atoms with Crippen molar-refractivity contribution in [1.82, 2.24) is 0 Å². The highest BCUT2D eigenvalue weighted by Crippen LogP contribution is 2.70. The quantitative estimate of drug-likeness (QED) is 0.553. The molecule has 0 N–H and O–H groups in total. The predicted octanol–water partition coefficient (Wildman–Crippen LogP) is 6.30. The van der Waals surface area contributed by atoms with Gasteiger partial charge in [0, 0.05) is 0 Å². The molecule has 1 fully saturated rings. The Labute approximate surface area is 116 Å². The summed E-state index contributed by atoms with van der Waals surface area (Å²) in [6.45, 7) is 22.2. The molecule has 1 aliphatic carbocycles. The third-order valence-electron chi connectivity index (χ3n) is 6.84. The van der Waals surface area contributed by atoms with Gasteiger partial charge in [-0.1, -0.05) is 68.7 Å². The van der Waals surface area contributed by atoms with E-state index in [1.54, 1.807) is 0 Å². The third-order valence-corrected chi connectivity index (χ3v) is 6.84. The second kappa shape index (κ2) is 4.53. The molecule has 1 rings (SSSR count). The van der Waals surface area contributed by atoms with Gasteiger partial charge in [0.15, 0.2) is 0 Å². The molecule has 4 unspecified atom stereocenters. The molecule has 0 amide bonds. The fourth-order valence-corrected chi connectivity index (χ4v) is 5.11. The van der Waals surface area contributed by atoms with Crippen molar-refractivity contribution in [3.05, 3.63) is 0 Å². The molecule has 0 bridgehead atoms. The minimum Gasteiger partial charge on any atom is -0.0648 e. The van der Waals surface area contributed by atoms with Gasteiger partial charge in [-0.2, -0.15) is 0 Å². The van der Waals surface area contributed by atoms with Crippen molar-refractivity contribution in [2.24, 2.45) is 27.6 Å². The van der Waals surface area contributed by atoms with E-state index in [9.17, 15) is 0 Å². The Hall–Kier alpha value is 0. The average Bonchev–Trinajstić information content (AvgIpc) is 2.37. The van der Waals surface area contributed by atoms with Crippen LogP contribution in [-0.2, 0) is 0 Å². The van der Waals surface area contributed by atoms with Gasteiger partial charge in [0.25, 0.3) is 0 Å². The van der Waals surface area contributed by atoms with Crippen molar-refractivity contribution < 1.29 is 0 Å². The largest absolute Gasteiger partial charge is 0.0648 e. The Balaban J connectivity index is 3.29. The molecule has 0 aromatic carbocycles. The molecule has 1 aliphatic rings. The van der Waals surface area contributed by atoms with Crippen molar-refractivity contribution in [2.45, 2.75) is 88.0 Å². The maximum atomic E-state index is 2.59. The lowest BCUT2D eigenvalue weighted by Crippen LogP contribution is -2.45. The standard InChI is InChI=1S/C18H36/c1-10-16(7)12-14(3)17(8,11-2)18(16,9)13-15(4,5)6/h14H,10-13H2,1-9H3. The van der Waals surface area contributed by atoms with E-state index in [1.165, 1.54) is 25.7 Å². The second-order valence-electron chi connectivity index (χ2n) is 8.86. The first-order valence-corrected chi connectivity index (χ1v) is 7.96. The van der Waals surface area contributed by atoms with Crippen LogP contribution in [0.2, 0.25) is 0 Å². The van der Waals surface area contributed by atoms with Crippen molar-refractivity contribution in [3.63, 3.8) is 0 Å². The monoisotopic (exact) mass is 252 g/mol. The lowest BCUT2D eigenvalue weighted by molar-refractivity contribution is -0.0434. The number of hydrogen-bond donors (Lipinski definition) is 0. The zero-order valence-corrected chi connectivity index (χ0v) is 14.4. The van der Waals surface area contributed by atoms with Crippen molar-refractivity contribution in [3.8, 4) is 0 Å². The highest BCUT2D eigenvalue weighted by Gasteiger charge is 2.62. The Morgan fingerprint density at radius 1 is 1.00 bits per heavy atom. The topological polar surface area (TPSA) is 0 Å². The van der Waals surface area contributed by atoms with E-state index in [-0.39, 0.29) is 0 Å². The van der Waals surface area contributed by atoms with E-state index in [0.717, 1.165) is 5.92 Å². The van der Waals surface area contributed by atoms with Gasteiger partial charge in [-0.25, -0.2) is 0 Å². The fraction of sp³-hybridized carbons (Fsp3) is 1.00. The summed E-state index contributed by atoms with van der Waals surface area (Å²) in [4.78, 5) is 0. The Bertz CT molecular complexity index is 298. The minimum absolute atomic E-state index is 0.422. The molecule has 0 heteroatoms. The molecular formula is C18H36. The maximum Gasteiger partial charge on any atom is -0.0211 e. The summed E-state index contributed by atoms with van der Waals surface area (Å²) in [6.07, 6.45) is 5.38. The van der Waals surface area contributed by atoms with Gasteiger partial charge in [-0.05, 0) is 46.8 Å². The smallest absolute Gasteiger partial charge is 0.0211 e. The van der Waals surface area contributed by atoms with Gasteiger partial charge in [0.2, 0.25) is 0 Å². The third kappa shape index (κ3) is 2.14. The molecule has 0 saturated heterocycles. The minimum atomic E-state index is 0.422. The molecule has 0 heterocycles. The zero-order valence-electron chi connectivity index (χ0n) is 14.4. The summed E-state index contributed by atoms with van der Waals surface area (Å²) < 4.78 is 0. The summed E-state index contributed by atoms with van der Waals surface area (Å²) in [7, 11) is 0. The van der Waals surface area contributed by atoms with E-state index in [0.29, 0.717) is 21.7 Å². The van der Waals surface area contributed by atoms with Gasteiger partial charge >= 0.3 is 0 Å².